The van der Waals surface area contributed by atoms with Gasteiger partial charge in [0, 0.05) is 0 Å². The fourth-order valence-corrected chi connectivity index (χ4v) is 3.29. The molecule has 2 aliphatic rings. The van der Waals surface area contributed by atoms with E-state index in [-0.39, 0.29) is 10.3 Å². The topological polar surface area (TPSA) is 0 Å². The largest absolute Gasteiger partial charge is 0.121 e. The zero-order valence-corrected chi connectivity index (χ0v) is 9.41. The van der Waals surface area contributed by atoms with Gasteiger partial charge in [-0.1, -0.05) is 13.8 Å². The van der Waals surface area contributed by atoms with Gasteiger partial charge in [0.1, 0.15) is 0 Å². The van der Waals surface area contributed by atoms with Crippen LogP contribution in [0.5, 0.6) is 0 Å². The average molecular weight is 207 g/mol. The van der Waals surface area contributed by atoms with Crippen LogP contribution in [-0.4, -0.2) is 10.3 Å². The molecule has 0 amide bonds. The van der Waals surface area contributed by atoms with E-state index in [4.69, 9.17) is 23.2 Å². The van der Waals surface area contributed by atoms with Crippen LogP contribution in [0.15, 0.2) is 0 Å². The summed E-state index contributed by atoms with van der Waals surface area (Å²) in [7, 11) is 0. The molecule has 0 radical (unpaired) electrons. The predicted octanol–water partition coefficient (Wildman–Crippen LogP) is 3.66. The SMILES string of the molecule is CC1(Cl)C[C@H]2[C@@H](CC1Cl)C2(C)C. The smallest absolute Gasteiger partial charge is 0.0584 e. The molecule has 70 valence electrons. The third-order valence-corrected chi connectivity index (χ3v) is 5.21. The lowest BCUT2D eigenvalue weighted by Crippen LogP contribution is -2.33. The van der Waals surface area contributed by atoms with Crippen molar-refractivity contribution >= 4 is 23.2 Å². The third kappa shape index (κ3) is 1.11. The van der Waals surface area contributed by atoms with Crippen LogP contribution in [0, 0.1) is 17.3 Å². The molecule has 2 unspecified atom stereocenters. The Hall–Kier alpha value is 0.580. The van der Waals surface area contributed by atoms with Gasteiger partial charge in [-0.25, -0.2) is 0 Å². The van der Waals surface area contributed by atoms with E-state index in [1.54, 1.807) is 0 Å². The Morgan fingerprint density at radius 1 is 1.17 bits per heavy atom. The van der Waals surface area contributed by atoms with E-state index in [9.17, 15) is 0 Å². The molecule has 0 bridgehead atoms. The molecule has 2 saturated carbocycles. The van der Waals surface area contributed by atoms with Crippen molar-refractivity contribution in [3.05, 3.63) is 0 Å². The molecule has 0 aromatic rings. The van der Waals surface area contributed by atoms with Crippen LogP contribution < -0.4 is 0 Å². The fraction of sp³-hybridized carbons (Fsp3) is 1.00. The lowest BCUT2D eigenvalue weighted by atomic mass is 9.89. The van der Waals surface area contributed by atoms with E-state index in [1.165, 1.54) is 0 Å². The van der Waals surface area contributed by atoms with Crippen LogP contribution in [-0.2, 0) is 0 Å². The summed E-state index contributed by atoms with van der Waals surface area (Å²) in [5.41, 5.74) is 0.514. The molecule has 0 saturated heterocycles. The molecule has 0 aromatic carbocycles. The highest BCUT2D eigenvalue weighted by molar-refractivity contribution is 6.32. The summed E-state index contributed by atoms with van der Waals surface area (Å²) in [5.74, 6) is 1.67. The minimum atomic E-state index is -0.156. The quantitative estimate of drug-likeness (QED) is 0.532. The predicted molar refractivity (Wildman–Crippen MR) is 53.9 cm³/mol. The van der Waals surface area contributed by atoms with E-state index < -0.39 is 0 Å². The second-order valence-electron chi connectivity index (χ2n) is 5.22. The maximum absolute atomic E-state index is 6.34. The molecule has 2 fully saturated rings. The minimum absolute atomic E-state index is 0.156. The Morgan fingerprint density at radius 2 is 1.75 bits per heavy atom. The number of hydrogen-bond donors (Lipinski definition) is 0. The van der Waals surface area contributed by atoms with Crippen LogP contribution in [0.1, 0.15) is 33.6 Å². The maximum atomic E-state index is 6.34. The molecule has 0 heterocycles. The highest BCUT2D eigenvalue weighted by Gasteiger charge is 2.63. The van der Waals surface area contributed by atoms with Gasteiger partial charge in [-0.3, -0.25) is 0 Å². The highest BCUT2D eigenvalue weighted by atomic mass is 35.5. The van der Waals surface area contributed by atoms with Gasteiger partial charge in [0.05, 0.1) is 10.3 Å². The number of fused-ring (bicyclic) bond motifs is 1. The zero-order chi connectivity index (χ0) is 9.15. The standard InChI is InChI=1S/C10H16Cl2/c1-9(2)6-4-8(11)10(3,12)5-7(6)9/h6-8H,4-5H2,1-3H3/t6-,7+,8?,10?/m1/s1. The van der Waals surface area contributed by atoms with E-state index in [1.807, 2.05) is 0 Å². The monoisotopic (exact) mass is 206 g/mol. The second-order valence-corrected chi connectivity index (χ2v) is 6.61. The normalized spacial score (nSPS) is 56.2. The van der Waals surface area contributed by atoms with Gasteiger partial charge in [-0.15, -0.1) is 23.2 Å². The molecule has 4 atom stereocenters. The van der Waals surface area contributed by atoms with E-state index in [2.05, 4.69) is 20.8 Å². The number of rotatable bonds is 0. The van der Waals surface area contributed by atoms with Crippen molar-refractivity contribution in [3.63, 3.8) is 0 Å². The molecule has 0 aromatic heterocycles. The van der Waals surface area contributed by atoms with Crippen molar-refractivity contribution in [1.29, 1.82) is 0 Å². The summed E-state index contributed by atoms with van der Waals surface area (Å²) in [6.45, 7) is 6.76. The van der Waals surface area contributed by atoms with Crippen molar-refractivity contribution in [2.45, 2.75) is 43.9 Å². The van der Waals surface area contributed by atoms with E-state index in [0.29, 0.717) is 5.41 Å². The van der Waals surface area contributed by atoms with Crippen LogP contribution >= 0.6 is 23.2 Å². The number of hydrogen-bond acceptors (Lipinski definition) is 0. The summed E-state index contributed by atoms with van der Waals surface area (Å²) in [6, 6.07) is 0. The molecule has 0 aliphatic heterocycles. The molecular weight excluding hydrogens is 191 g/mol. The minimum Gasteiger partial charge on any atom is -0.121 e. The Kier molecular flexibility index (Phi) is 1.78. The molecule has 12 heavy (non-hydrogen) atoms. The summed E-state index contributed by atoms with van der Waals surface area (Å²) in [6.07, 6.45) is 2.21. The molecule has 0 nitrogen and oxygen atoms in total. The van der Waals surface area contributed by atoms with Gasteiger partial charge in [0.15, 0.2) is 0 Å². The summed E-state index contributed by atoms with van der Waals surface area (Å²) >= 11 is 12.6. The Labute approximate surface area is 84.6 Å². The number of halogens is 2. The average Bonchev–Trinajstić information content (AvgIpc) is 2.37. The molecule has 0 N–H and O–H groups in total. The maximum Gasteiger partial charge on any atom is 0.0584 e. The third-order valence-electron chi connectivity index (χ3n) is 4.02. The van der Waals surface area contributed by atoms with Crippen molar-refractivity contribution in [2.24, 2.45) is 17.3 Å². The van der Waals surface area contributed by atoms with Gasteiger partial charge in [0.2, 0.25) is 0 Å². The first-order valence-corrected chi connectivity index (χ1v) is 5.50. The lowest BCUT2D eigenvalue weighted by molar-refractivity contribution is 0.402. The molecule has 2 heteroatoms. The van der Waals surface area contributed by atoms with Crippen LogP contribution in [0.3, 0.4) is 0 Å². The summed E-state index contributed by atoms with van der Waals surface area (Å²) in [4.78, 5) is -0.156. The molecular formula is C10H16Cl2. The van der Waals surface area contributed by atoms with Crippen molar-refractivity contribution in [3.8, 4) is 0 Å². The Bertz CT molecular complexity index is 208. The fourth-order valence-electron chi connectivity index (χ4n) is 2.76. The second kappa shape index (κ2) is 2.33. The lowest BCUT2D eigenvalue weighted by Gasteiger charge is -2.31. The first-order chi connectivity index (χ1) is 5.36. The Balaban J connectivity index is 2.14. The van der Waals surface area contributed by atoms with E-state index >= 15 is 0 Å². The van der Waals surface area contributed by atoms with Crippen LogP contribution in [0.25, 0.3) is 0 Å². The molecule has 0 spiro atoms. The van der Waals surface area contributed by atoms with Crippen molar-refractivity contribution in [1.82, 2.24) is 0 Å². The zero-order valence-electron chi connectivity index (χ0n) is 7.90. The molecule has 2 aliphatic carbocycles. The highest BCUT2D eigenvalue weighted by Crippen LogP contribution is 2.67. The van der Waals surface area contributed by atoms with Gasteiger partial charge in [-0.2, -0.15) is 0 Å². The van der Waals surface area contributed by atoms with Crippen molar-refractivity contribution in [2.75, 3.05) is 0 Å². The number of alkyl halides is 2. The Morgan fingerprint density at radius 3 is 2.25 bits per heavy atom. The van der Waals surface area contributed by atoms with Crippen LogP contribution in [0.2, 0.25) is 0 Å². The van der Waals surface area contributed by atoms with Crippen LogP contribution in [0.4, 0.5) is 0 Å². The van der Waals surface area contributed by atoms with E-state index in [0.717, 1.165) is 24.7 Å². The first kappa shape index (κ1) is 9.15. The van der Waals surface area contributed by atoms with Gasteiger partial charge >= 0.3 is 0 Å². The van der Waals surface area contributed by atoms with Gasteiger partial charge in [0.25, 0.3) is 0 Å². The van der Waals surface area contributed by atoms with Gasteiger partial charge < -0.3 is 0 Å². The first-order valence-electron chi connectivity index (χ1n) is 4.68. The summed E-state index contributed by atoms with van der Waals surface area (Å²) < 4.78 is 0. The van der Waals surface area contributed by atoms with Crippen molar-refractivity contribution < 1.29 is 0 Å². The van der Waals surface area contributed by atoms with Gasteiger partial charge in [-0.05, 0) is 37.0 Å². The summed E-state index contributed by atoms with van der Waals surface area (Å²) in [5, 5.41) is 0.169. The molecule has 2 rings (SSSR count).